The summed E-state index contributed by atoms with van der Waals surface area (Å²) in [4.78, 5) is 39.2. The number of hydrogen-bond acceptors (Lipinski definition) is 4. The number of hydrogen-bond donors (Lipinski definition) is 2. The highest BCUT2D eigenvalue weighted by Crippen LogP contribution is 2.12. The number of likely N-dealkylation sites (N-methyl/N-ethyl adjacent to an activating group) is 1. The molecular formula is C20H25N3O3S. The van der Waals surface area contributed by atoms with E-state index in [2.05, 4.69) is 10.6 Å². The molecule has 0 saturated carbocycles. The minimum atomic E-state index is -0.697. The molecule has 7 heteroatoms. The van der Waals surface area contributed by atoms with E-state index >= 15 is 0 Å². The molecule has 0 radical (unpaired) electrons. The Labute approximate surface area is 163 Å². The molecule has 27 heavy (non-hydrogen) atoms. The molecule has 0 saturated heterocycles. The second kappa shape index (κ2) is 9.32. The van der Waals surface area contributed by atoms with Crippen molar-refractivity contribution in [2.75, 3.05) is 18.9 Å². The van der Waals surface area contributed by atoms with Crippen LogP contribution in [0.15, 0.2) is 41.8 Å². The smallest absolute Gasteiger partial charge is 0.262 e. The molecule has 0 aliphatic carbocycles. The van der Waals surface area contributed by atoms with Gasteiger partial charge in [0.25, 0.3) is 5.91 Å². The Morgan fingerprint density at radius 2 is 1.78 bits per heavy atom. The molecule has 2 N–H and O–H groups in total. The standard InChI is InChI=1S/C20H25N3O3S/c1-13(2)18(22-19(25)16-6-5-11-27-16)20(26)23(4)12-17(24)21-15-9-7-14(3)8-10-15/h5-11,13,18H,12H2,1-4H3,(H,21,24)(H,22,25). The van der Waals surface area contributed by atoms with Crippen molar-refractivity contribution in [3.63, 3.8) is 0 Å². The lowest BCUT2D eigenvalue weighted by Gasteiger charge is -2.26. The van der Waals surface area contributed by atoms with Gasteiger partial charge >= 0.3 is 0 Å². The van der Waals surface area contributed by atoms with Gasteiger partial charge in [-0.25, -0.2) is 0 Å². The maximum atomic E-state index is 12.8. The van der Waals surface area contributed by atoms with Crippen molar-refractivity contribution in [1.29, 1.82) is 0 Å². The number of nitrogens with one attached hydrogen (secondary N) is 2. The van der Waals surface area contributed by atoms with Gasteiger partial charge in [0.2, 0.25) is 11.8 Å². The summed E-state index contributed by atoms with van der Waals surface area (Å²) in [5.74, 6) is -0.977. The van der Waals surface area contributed by atoms with E-state index in [9.17, 15) is 14.4 Å². The third-order valence-corrected chi connectivity index (χ3v) is 4.93. The summed E-state index contributed by atoms with van der Waals surface area (Å²) in [5, 5.41) is 7.35. The van der Waals surface area contributed by atoms with Crippen molar-refractivity contribution in [3.8, 4) is 0 Å². The molecule has 144 valence electrons. The van der Waals surface area contributed by atoms with Crippen LogP contribution in [-0.4, -0.2) is 42.3 Å². The third kappa shape index (κ3) is 5.92. The lowest BCUT2D eigenvalue weighted by atomic mass is 10.0. The van der Waals surface area contributed by atoms with Crippen LogP contribution >= 0.6 is 11.3 Å². The summed E-state index contributed by atoms with van der Waals surface area (Å²) in [6.45, 7) is 5.59. The number of anilines is 1. The van der Waals surface area contributed by atoms with E-state index in [4.69, 9.17) is 0 Å². The van der Waals surface area contributed by atoms with Crippen LogP contribution in [0.3, 0.4) is 0 Å². The number of amides is 3. The van der Waals surface area contributed by atoms with E-state index in [0.717, 1.165) is 5.56 Å². The van der Waals surface area contributed by atoms with Crippen molar-refractivity contribution in [1.82, 2.24) is 10.2 Å². The summed E-state index contributed by atoms with van der Waals surface area (Å²) >= 11 is 1.32. The number of benzene rings is 1. The number of carbonyl (C=O) groups excluding carboxylic acids is 3. The number of rotatable bonds is 7. The predicted octanol–water partition coefficient (Wildman–Crippen LogP) is 2.91. The lowest BCUT2D eigenvalue weighted by Crippen LogP contribution is -2.51. The van der Waals surface area contributed by atoms with Gasteiger partial charge < -0.3 is 15.5 Å². The minimum Gasteiger partial charge on any atom is -0.339 e. The van der Waals surface area contributed by atoms with E-state index in [1.165, 1.54) is 16.2 Å². The maximum absolute atomic E-state index is 12.8. The molecule has 1 atom stereocenters. The molecular weight excluding hydrogens is 362 g/mol. The Balaban J connectivity index is 1.96. The van der Waals surface area contributed by atoms with Gasteiger partial charge in [0.05, 0.1) is 11.4 Å². The molecule has 0 fully saturated rings. The van der Waals surface area contributed by atoms with E-state index in [1.54, 1.807) is 19.2 Å². The van der Waals surface area contributed by atoms with E-state index in [0.29, 0.717) is 10.6 Å². The number of thiophene rings is 1. The minimum absolute atomic E-state index is 0.0925. The largest absolute Gasteiger partial charge is 0.339 e. The summed E-state index contributed by atoms with van der Waals surface area (Å²) < 4.78 is 0. The van der Waals surface area contributed by atoms with E-state index in [1.807, 2.05) is 50.4 Å². The van der Waals surface area contributed by atoms with Crippen LogP contribution in [0, 0.1) is 12.8 Å². The Morgan fingerprint density at radius 3 is 2.33 bits per heavy atom. The molecule has 2 aromatic rings. The van der Waals surface area contributed by atoms with Gasteiger partial charge in [0.15, 0.2) is 0 Å². The monoisotopic (exact) mass is 387 g/mol. The fourth-order valence-corrected chi connectivity index (χ4v) is 3.13. The van der Waals surface area contributed by atoms with Gasteiger partial charge in [-0.1, -0.05) is 37.6 Å². The highest BCUT2D eigenvalue weighted by Gasteiger charge is 2.28. The molecule has 1 unspecified atom stereocenters. The van der Waals surface area contributed by atoms with Crippen LogP contribution in [-0.2, 0) is 9.59 Å². The zero-order valence-corrected chi connectivity index (χ0v) is 16.8. The number of carbonyl (C=O) groups is 3. The van der Waals surface area contributed by atoms with Gasteiger partial charge in [-0.2, -0.15) is 0 Å². The van der Waals surface area contributed by atoms with Gasteiger partial charge in [-0.05, 0) is 36.4 Å². The summed E-state index contributed by atoms with van der Waals surface area (Å²) in [6, 6.07) is 10.2. The predicted molar refractivity (Wildman–Crippen MR) is 108 cm³/mol. The number of aryl methyl sites for hydroxylation is 1. The summed E-state index contributed by atoms with van der Waals surface area (Å²) in [5.41, 5.74) is 1.78. The van der Waals surface area contributed by atoms with Gasteiger partial charge in [0, 0.05) is 12.7 Å². The van der Waals surface area contributed by atoms with Crippen molar-refractivity contribution in [2.45, 2.75) is 26.8 Å². The van der Waals surface area contributed by atoms with Crippen LogP contribution in [0.4, 0.5) is 5.69 Å². The summed E-state index contributed by atoms with van der Waals surface area (Å²) in [7, 11) is 1.56. The first-order valence-electron chi connectivity index (χ1n) is 8.73. The zero-order chi connectivity index (χ0) is 20.0. The fourth-order valence-electron chi connectivity index (χ4n) is 2.50. The molecule has 1 heterocycles. The first-order chi connectivity index (χ1) is 12.8. The van der Waals surface area contributed by atoms with Crippen LogP contribution in [0.1, 0.15) is 29.1 Å². The van der Waals surface area contributed by atoms with Crippen molar-refractivity contribution >= 4 is 34.7 Å². The molecule has 0 spiro atoms. The second-order valence-electron chi connectivity index (χ2n) is 6.78. The molecule has 0 bridgehead atoms. The Bertz CT molecular complexity index is 785. The third-order valence-electron chi connectivity index (χ3n) is 4.06. The Kier molecular flexibility index (Phi) is 7.12. The van der Waals surface area contributed by atoms with Crippen molar-refractivity contribution < 1.29 is 14.4 Å². The highest BCUT2D eigenvalue weighted by atomic mass is 32.1. The Morgan fingerprint density at radius 1 is 1.11 bits per heavy atom. The second-order valence-corrected chi connectivity index (χ2v) is 7.73. The topological polar surface area (TPSA) is 78.5 Å². The SMILES string of the molecule is Cc1ccc(NC(=O)CN(C)C(=O)C(NC(=O)c2cccs2)C(C)C)cc1. The first kappa shape index (κ1) is 20.6. The fraction of sp³-hybridized carbons (Fsp3) is 0.350. The number of nitrogens with zero attached hydrogens (tertiary/aromatic N) is 1. The molecule has 6 nitrogen and oxygen atoms in total. The summed E-state index contributed by atoms with van der Waals surface area (Å²) in [6.07, 6.45) is 0. The van der Waals surface area contributed by atoms with Gasteiger partial charge in [-0.15, -0.1) is 11.3 Å². The molecule has 1 aromatic carbocycles. The average molecular weight is 388 g/mol. The quantitative estimate of drug-likeness (QED) is 0.767. The lowest BCUT2D eigenvalue weighted by molar-refractivity contribution is -0.135. The van der Waals surface area contributed by atoms with Crippen LogP contribution in [0.5, 0.6) is 0 Å². The van der Waals surface area contributed by atoms with Crippen molar-refractivity contribution in [3.05, 3.63) is 52.2 Å². The van der Waals surface area contributed by atoms with Crippen LogP contribution in [0.2, 0.25) is 0 Å². The van der Waals surface area contributed by atoms with Crippen molar-refractivity contribution in [2.24, 2.45) is 5.92 Å². The molecule has 1 aromatic heterocycles. The molecule has 0 aliphatic rings. The first-order valence-corrected chi connectivity index (χ1v) is 9.61. The molecule has 2 rings (SSSR count). The zero-order valence-electron chi connectivity index (χ0n) is 16.0. The van der Waals surface area contributed by atoms with Crippen LogP contribution in [0.25, 0.3) is 0 Å². The maximum Gasteiger partial charge on any atom is 0.262 e. The normalized spacial score (nSPS) is 11.7. The molecule has 0 aliphatic heterocycles. The van der Waals surface area contributed by atoms with E-state index < -0.39 is 6.04 Å². The highest BCUT2D eigenvalue weighted by molar-refractivity contribution is 7.12. The molecule has 3 amide bonds. The van der Waals surface area contributed by atoms with Crippen LogP contribution < -0.4 is 10.6 Å². The van der Waals surface area contributed by atoms with E-state index in [-0.39, 0.29) is 30.2 Å². The average Bonchev–Trinajstić information content (AvgIpc) is 3.15. The Hall–Kier alpha value is -2.67. The van der Waals surface area contributed by atoms with Gasteiger partial charge in [-0.3, -0.25) is 14.4 Å². The van der Waals surface area contributed by atoms with Gasteiger partial charge in [0.1, 0.15) is 6.04 Å².